The summed E-state index contributed by atoms with van der Waals surface area (Å²) in [6.07, 6.45) is 1.61. The van der Waals surface area contributed by atoms with Crippen molar-refractivity contribution in [1.82, 2.24) is 9.88 Å². The third kappa shape index (κ3) is 2.83. The molecule has 0 spiro atoms. The van der Waals surface area contributed by atoms with Crippen LogP contribution in [0.15, 0.2) is 12.3 Å². The molecule has 20 heavy (non-hydrogen) atoms. The lowest BCUT2D eigenvalue weighted by Gasteiger charge is -2.28. The van der Waals surface area contributed by atoms with Crippen molar-refractivity contribution < 1.29 is 15.0 Å². The van der Waals surface area contributed by atoms with E-state index in [1.807, 2.05) is 23.9 Å². The summed E-state index contributed by atoms with van der Waals surface area (Å²) < 4.78 is 0. The molecule has 1 aromatic rings. The molecule has 7 heteroatoms. The molecule has 1 aliphatic heterocycles. The molecule has 2 atom stereocenters. The summed E-state index contributed by atoms with van der Waals surface area (Å²) in [5.74, 6) is -0.636. The number of nitrogen functional groups attached to an aromatic ring is 1. The first-order valence-electron chi connectivity index (χ1n) is 6.47. The zero-order chi connectivity index (χ0) is 14.9. The summed E-state index contributed by atoms with van der Waals surface area (Å²) in [5, 5.41) is 19.0. The van der Waals surface area contributed by atoms with E-state index in [1.165, 1.54) is 12.3 Å². The summed E-state index contributed by atoms with van der Waals surface area (Å²) in [6.45, 7) is 1.16. The summed E-state index contributed by atoms with van der Waals surface area (Å²) >= 11 is 0. The van der Waals surface area contributed by atoms with E-state index >= 15 is 0 Å². The van der Waals surface area contributed by atoms with Crippen LogP contribution in [-0.2, 0) is 0 Å². The Balaban J connectivity index is 2.34. The second-order valence-corrected chi connectivity index (χ2v) is 5.36. The van der Waals surface area contributed by atoms with Crippen molar-refractivity contribution in [3.8, 4) is 0 Å². The first-order chi connectivity index (χ1) is 9.40. The van der Waals surface area contributed by atoms with Crippen molar-refractivity contribution in [2.45, 2.75) is 18.6 Å². The number of β-amino-alcohol motifs (C(OH)–C–C–N with tert-alkyl or cyclic N) is 1. The average molecular weight is 280 g/mol. The number of aliphatic hydroxyl groups is 1. The van der Waals surface area contributed by atoms with Crippen LogP contribution in [0.3, 0.4) is 0 Å². The fourth-order valence-electron chi connectivity index (χ4n) is 2.62. The number of carboxylic acid groups (broad SMARTS) is 1. The van der Waals surface area contributed by atoms with Gasteiger partial charge in [0, 0.05) is 25.3 Å². The van der Waals surface area contributed by atoms with Crippen LogP contribution in [-0.4, -0.2) is 65.4 Å². The van der Waals surface area contributed by atoms with Gasteiger partial charge < -0.3 is 25.7 Å². The quantitative estimate of drug-likeness (QED) is 0.705. The fourth-order valence-corrected chi connectivity index (χ4v) is 2.62. The Bertz CT molecular complexity index is 506. The van der Waals surface area contributed by atoms with Gasteiger partial charge in [0.15, 0.2) is 5.82 Å². The normalized spacial score (nSPS) is 22.5. The highest BCUT2D eigenvalue weighted by atomic mass is 16.4. The minimum atomic E-state index is -1.07. The molecule has 0 radical (unpaired) electrons. The van der Waals surface area contributed by atoms with Crippen LogP contribution in [0.5, 0.6) is 0 Å². The molecule has 2 rings (SSSR count). The maximum atomic E-state index is 11.1. The van der Waals surface area contributed by atoms with Gasteiger partial charge in [0.1, 0.15) is 0 Å². The maximum absolute atomic E-state index is 11.1. The number of likely N-dealkylation sites (N-methyl/N-ethyl adjacent to an activating group) is 1. The lowest BCUT2D eigenvalue weighted by molar-refractivity contribution is 0.0698. The van der Waals surface area contributed by atoms with Gasteiger partial charge in [-0.1, -0.05) is 0 Å². The molecule has 4 N–H and O–H groups in total. The van der Waals surface area contributed by atoms with Crippen LogP contribution < -0.4 is 10.6 Å². The minimum absolute atomic E-state index is 0.0417. The summed E-state index contributed by atoms with van der Waals surface area (Å²) in [7, 11) is 3.90. The second kappa shape index (κ2) is 5.64. The summed E-state index contributed by atoms with van der Waals surface area (Å²) in [6, 6.07) is 1.45. The summed E-state index contributed by atoms with van der Waals surface area (Å²) in [4.78, 5) is 19.2. The Labute approximate surface area is 117 Å². The predicted octanol–water partition coefficient (Wildman–Crippen LogP) is -0.137. The van der Waals surface area contributed by atoms with Crippen LogP contribution in [0.2, 0.25) is 0 Å². The maximum Gasteiger partial charge on any atom is 0.337 e. The monoisotopic (exact) mass is 280 g/mol. The number of carboxylic acids is 1. The third-order valence-electron chi connectivity index (χ3n) is 3.44. The molecule has 110 valence electrons. The van der Waals surface area contributed by atoms with E-state index in [1.54, 1.807) is 0 Å². The van der Waals surface area contributed by atoms with E-state index in [0.29, 0.717) is 18.8 Å². The molecule has 0 amide bonds. The van der Waals surface area contributed by atoms with Gasteiger partial charge in [-0.05, 0) is 26.6 Å². The molecule has 0 saturated carbocycles. The molecule has 1 aromatic heterocycles. The van der Waals surface area contributed by atoms with Gasteiger partial charge in [-0.15, -0.1) is 0 Å². The first-order valence-corrected chi connectivity index (χ1v) is 6.47. The first kappa shape index (κ1) is 14.5. The SMILES string of the molecule is CN(C)CC1CC(O)CN1c1nccc(C(=O)O)c1N. The predicted molar refractivity (Wildman–Crippen MR) is 75.9 cm³/mol. The lowest BCUT2D eigenvalue weighted by Crippen LogP contribution is -2.38. The number of rotatable bonds is 4. The van der Waals surface area contributed by atoms with E-state index in [2.05, 4.69) is 4.98 Å². The number of aromatic carboxylic acids is 1. The average Bonchev–Trinajstić information content (AvgIpc) is 2.69. The second-order valence-electron chi connectivity index (χ2n) is 5.36. The van der Waals surface area contributed by atoms with Crippen LogP contribution in [0.4, 0.5) is 11.5 Å². The molecule has 2 heterocycles. The molecule has 1 aliphatic rings. The highest BCUT2D eigenvalue weighted by Crippen LogP contribution is 2.30. The highest BCUT2D eigenvalue weighted by molar-refractivity contribution is 5.96. The van der Waals surface area contributed by atoms with Crippen LogP contribution >= 0.6 is 0 Å². The Morgan fingerprint density at radius 1 is 1.60 bits per heavy atom. The Morgan fingerprint density at radius 2 is 2.30 bits per heavy atom. The third-order valence-corrected chi connectivity index (χ3v) is 3.44. The lowest BCUT2D eigenvalue weighted by atomic mass is 10.1. The standard InChI is InChI=1S/C13H20N4O3/c1-16(2)6-8-5-9(18)7-17(8)12-11(14)10(13(19)20)3-4-15-12/h3-4,8-9,18H,5-7,14H2,1-2H3,(H,19,20). The zero-order valence-corrected chi connectivity index (χ0v) is 11.7. The van der Waals surface area contributed by atoms with Gasteiger partial charge in [-0.2, -0.15) is 0 Å². The van der Waals surface area contributed by atoms with Crippen LogP contribution in [0.1, 0.15) is 16.8 Å². The number of aromatic nitrogens is 1. The van der Waals surface area contributed by atoms with Gasteiger partial charge in [0.25, 0.3) is 0 Å². The number of pyridine rings is 1. The molecule has 2 unspecified atom stereocenters. The molecule has 0 aromatic carbocycles. The van der Waals surface area contributed by atoms with Gasteiger partial charge in [-0.25, -0.2) is 9.78 Å². The molecule has 1 saturated heterocycles. The van der Waals surface area contributed by atoms with Crippen molar-refractivity contribution in [2.75, 3.05) is 37.8 Å². The number of carbonyl (C=O) groups is 1. The largest absolute Gasteiger partial charge is 0.478 e. The van der Waals surface area contributed by atoms with Gasteiger partial charge >= 0.3 is 5.97 Å². The Kier molecular flexibility index (Phi) is 4.10. The Hall–Kier alpha value is -1.86. The van der Waals surface area contributed by atoms with E-state index in [9.17, 15) is 9.90 Å². The van der Waals surface area contributed by atoms with Crippen molar-refractivity contribution in [1.29, 1.82) is 0 Å². The number of nitrogens with two attached hydrogens (primary N) is 1. The van der Waals surface area contributed by atoms with E-state index in [0.717, 1.165) is 6.54 Å². The van der Waals surface area contributed by atoms with Crippen molar-refractivity contribution in [3.05, 3.63) is 17.8 Å². The van der Waals surface area contributed by atoms with Crippen molar-refractivity contribution in [2.24, 2.45) is 0 Å². The Morgan fingerprint density at radius 3 is 2.90 bits per heavy atom. The summed E-state index contributed by atoms with van der Waals surface area (Å²) in [5.41, 5.74) is 6.11. The van der Waals surface area contributed by atoms with Gasteiger partial charge in [0.2, 0.25) is 0 Å². The van der Waals surface area contributed by atoms with Crippen molar-refractivity contribution in [3.63, 3.8) is 0 Å². The highest BCUT2D eigenvalue weighted by Gasteiger charge is 2.33. The van der Waals surface area contributed by atoms with Crippen molar-refractivity contribution >= 4 is 17.5 Å². The fraction of sp³-hybridized carbons (Fsp3) is 0.538. The molecule has 0 aliphatic carbocycles. The number of aliphatic hydroxyl groups excluding tert-OH is 1. The number of hydrogen-bond acceptors (Lipinski definition) is 6. The van der Waals surface area contributed by atoms with Crippen LogP contribution in [0, 0.1) is 0 Å². The minimum Gasteiger partial charge on any atom is -0.478 e. The zero-order valence-electron chi connectivity index (χ0n) is 11.7. The topological polar surface area (TPSA) is 103 Å². The molecule has 7 nitrogen and oxygen atoms in total. The van der Waals surface area contributed by atoms with Gasteiger partial charge in [-0.3, -0.25) is 0 Å². The smallest absolute Gasteiger partial charge is 0.337 e. The van der Waals surface area contributed by atoms with E-state index in [4.69, 9.17) is 10.8 Å². The molecular weight excluding hydrogens is 260 g/mol. The molecule has 1 fully saturated rings. The van der Waals surface area contributed by atoms with E-state index in [-0.39, 0.29) is 17.3 Å². The number of nitrogens with zero attached hydrogens (tertiary/aromatic N) is 3. The molecule has 0 bridgehead atoms. The van der Waals surface area contributed by atoms with E-state index < -0.39 is 12.1 Å². The van der Waals surface area contributed by atoms with Gasteiger partial charge in [0.05, 0.1) is 17.4 Å². The number of anilines is 2. The number of hydrogen-bond donors (Lipinski definition) is 3. The molecular formula is C13H20N4O3. The van der Waals surface area contributed by atoms with Crippen LogP contribution in [0.25, 0.3) is 0 Å².